The van der Waals surface area contributed by atoms with E-state index >= 15 is 0 Å². The van der Waals surface area contributed by atoms with E-state index in [1.165, 1.54) is 22.4 Å². The van der Waals surface area contributed by atoms with E-state index in [-0.39, 0.29) is 11.8 Å². The van der Waals surface area contributed by atoms with Gasteiger partial charge in [0, 0.05) is 81.2 Å². The Kier molecular flexibility index (Phi) is 9.41. The summed E-state index contributed by atoms with van der Waals surface area (Å²) in [5.41, 5.74) is 5.23. The molecule has 3 heterocycles. The summed E-state index contributed by atoms with van der Waals surface area (Å²) in [4.78, 5) is 23.7. The van der Waals surface area contributed by atoms with E-state index in [4.69, 9.17) is 16.3 Å². The van der Waals surface area contributed by atoms with Gasteiger partial charge in [-0.05, 0) is 69.1 Å². The van der Waals surface area contributed by atoms with E-state index in [1.54, 1.807) is 0 Å². The Morgan fingerprint density at radius 2 is 1.65 bits per heavy atom. The van der Waals surface area contributed by atoms with E-state index in [0.717, 1.165) is 70.3 Å². The van der Waals surface area contributed by atoms with Gasteiger partial charge in [0.25, 0.3) is 0 Å². The van der Waals surface area contributed by atoms with E-state index in [9.17, 15) is 4.79 Å². The fourth-order valence-electron chi connectivity index (χ4n) is 7.32. The largest absolute Gasteiger partial charge is 0.381 e. The SMILES string of the molecule is Cc1ccc(N2CCN(C(=O)[C@H]3CN(C4CCOCC4)C[C@@H]3c3ccc(Cl)cc3)CC2)c([C@H](C(C)C)N(C)C)c1. The summed E-state index contributed by atoms with van der Waals surface area (Å²) in [6, 6.07) is 15.9. The lowest BCUT2D eigenvalue weighted by molar-refractivity contribution is -0.136. The number of likely N-dealkylation sites (tertiary alicyclic amines) is 1. The Hall–Kier alpha value is -2.12. The number of carbonyl (C=O) groups is 1. The summed E-state index contributed by atoms with van der Waals surface area (Å²) in [6.07, 6.45) is 2.10. The minimum atomic E-state index is -0.0235. The fraction of sp³-hybridized carbons (Fsp3) is 0.606. The summed E-state index contributed by atoms with van der Waals surface area (Å²) in [5, 5.41) is 0.742. The van der Waals surface area contributed by atoms with Gasteiger partial charge in [-0.15, -0.1) is 0 Å². The molecule has 0 aromatic heterocycles. The molecule has 0 bridgehead atoms. The van der Waals surface area contributed by atoms with Crippen LogP contribution in [0.4, 0.5) is 5.69 Å². The molecule has 40 heavy (non-hydrogen) atoms. The zero-order valence-corrected chi connectivity index (χ0v) is 25.7. The smallest absolute Gasteiger partial charge is 0.227 e. The van der Waals surface area contributed by atoms with Gasteiger partial charge in [-0.25, -0.2) is 0 Å². The van der Waals surface area contributed by atoms with Crippen LogP contribution in [-0.2, 0) is 9.53 Å². The third kappa shape index (κ3) is 6.35. The highest BCUT2D eigenvalue weighted by atomic mass is 35.5. The maximum absolute atomic E-state index is 14.1. The molecule has 0 unspecified atom stereocenters. The van der Waals surface area contributed by atoms with Crippen LogP contribution in [0.15, 0.2) is 42.5 Å². The van der Waals surface area contributed by atoms with Crippen LogP contribution in [-0.4, -0.2) is 93.2 Å². The molecular formula is C33H47ClN4O2. The highest BCUT2D eigenvalue weighted by molar-refractivity contribution is 6.30. The van der Waals surface area contributed by atoms with Crippen LogP contribution in [0.1, 0.15) is 55.3 Å². The number of ether oxygens (including phenoxy) is 1. The first-order valence-electron chi connectivity index (χ1n) is 15.1. The molecule has 5 rings (SSSR count). The Balaban J connectivity index is 1.31. The van der Waals surface area contributed by atoms with Crippen LogP contribution in [0.2, 0.25) is 5.02 Å². The molecule has 7 heteroatoms. The van der Waals surface area contributed by atoms with Crippen molar-refractivity contribution in [3.05, 3.63) is 64.2 Å². The monoisotopic (exact) mass is 566 g/mol. The molecule has 218 valence electrons. The standard InChI is InChI=1S/C33H47ClN4O2/c1-23(2)32(35(4)5)28-20-24(3)6-11-31(28)36-14-16-37(17-15-36)33(39)30-22-38(27-12-18-40-19-13-27)21-29(30)25-7-9-26(34)10-8-25/h6-11,20,23,27,29-30,32H,12-19,21-22H2,1-5H3/t29-,30+,32+/m1/s1. The topological polar surface area (TPSA) is 39.3 Å². The normalized spacial score (nSPS) is 23.8. The number of halogens is 1. The van der Waals surface area contributed by atoms with E-state index < -0.39 is 0 Å². The quantitative estimate of drug-likeness (QED) is 0.446. The van der Waals surface area contributed by atoms with Crippen LogP contribution in [0.25, 0.3) is 0 Å². The van der Waals surface area contributed by atoms with Crippen LogP contribution in [0, 0.1) is 18.8 Å². The third-order valence-electron chi connectivity index (χ3n) is 9.29. The first-order valence-corrected chi connectivity index (χ1v) is 15.5. The van der Waals surface area contributed by atoms with Crippen LogP contribution in [0.5, 0.6) is 0 Å². The van der Waals surface area contributed by atoms with Crippen LogP contribution < -0.4 is 4.90 Å². The van der Waals surface area contributed by atoms with E-state index in [1.807, 2.05) is 12.1 Å². The minimum absolute atomic E-state index is 0.0235. The Labute approximate surface area is 246 Å². The fourth-order valence-corrected chi connectivity index (χ4v) is 7.44. The number of aryl methyl sites for hydroxylation is 1. The molecule has 3 aliphatic heterocycles. The lowest BCUT2D eigenvalue weighted by atomic mass is 9.87. The van der Waals surface area contributed by atoms with Gasteiger partial charge in [0.1, 0.15) is 0 Å². The molecule has 0 radical (unpaired) electrons. The second-order valence-electron chi connectivity index (χ2n) is 12.6. The Morgan fingerprint density at radius 3 is 2.27 bits per heavy atom. The molecule has 2 aromatic carbocycles. The van der Waals surface area contributed by atoms with Gasteiger partial charge in [-0.3, -0.25) is 9.69 Å². The van der Waals surface area contributed by atoms with Crippen molar-refractivity contribution in [3.63, 3.8) is 0 Å². The van der Waals surface area contributed by atoms with Crippen molar-refractivity contribution < 1.29 is 9.53 Å². The number of amides is 1. The maximum Gasteiger partial charge on any atom is 0.227 e. The zero-order valence-electron chi connectivity index (χ0n) is 25.0. The number of piperazine rings is 1. The third-order valence-corrected chi connectivity index (χ3v) is 9.54. The molecular weight excluding hydrogens is 520 g/mol. The van der Waals surface area contributed by atoms with Crippen molar-refractivity contribution in [1.82, 2.24) is 14.7 Å². The van der Waals surface area contributed by atoms with Crippen LogP contribution in [0.3, 0.4) is 0 Å². The molecule has 0 spiro atoms. The van der Waals surface area contributed by atoms with Crippen molar-refractivity contribution in [2.45, 2.75) is 51.6 Å². The lowest BCUT2D eigenvalue weighted by Crippen LogP contribution is -2.51. The van der Waals surface area contributed by atoms with Crippen LogP contribution >= 0.6 is 11.6 Å². The molecule has 1 amide bonds. The highest BCUT2D eigenvalue weighted by Gasteiger charge is 2.43. The average molecular weight is 567 g/mol. The number of nitrogens with zero attached hydrogens (tertiary/aromatic N) is 4. The number of benzene rings is 2. The minimum Gasteiger partial charge on any atom is -0.381 e. The lowest BCUT2D eigenvalue weighted by Gasteiger charge is -2.40. The highest BCUT2D eigenvalue weighted by Crippen LogP contribution is 2.38. The second kappa shape index (κ2) is 12.8. The van der Waals surface area contributed by atoms with E-state index in [2.05, 4.69) is 84.8 Å². The van der Waals surface area contributed by atoms with Gasteiger partial charge in [-0.1, -0.05) is 55.3 Å². The molecule has 0 aliphatic carbocycles. The Morgan fingerprint density at radius 1 is 0.975 bits per heavy atom. The molecule has 3 saturated heterocycles. The number of hydrogen-bond acceptors (Lipinski definition) is 5. The van der Waals surface area contributed by atoms with Gasteiger partial charge in [0.05, 0.1) is 5.92 Å². The summed E-state index contributed by atoms with van der Waals surface area (Å²) in [6.45, 7) is 13.4. The summed E-state index contributed by atoms with van der Waals surface area (Å²) < 4.78 is 5.63. The predicted octanol–water partition coefficient (Wildman–Crippen LogP) is 5.45. The van der Waals surface area contributed by atoms with Gasteiger partial charge < -0.3 is 19.4 Å². The number of anilines is 1. The van der Waals surface area contributed by atoms with Crippen molar-refractivity contribution in [2.24, 2.45) is 11.8 Å². The number of hydrogen-bond donors (Lipinski definition) is 0. The molecule has 0 saturated carbocycles. The van der Waals surface area contributed by atoms with Gasteiger partial charge in [0.2, 0.25) is 5.91 Å². The predicted molar refractivity (Wildman–Crippen MR) is 164 cm³/mol. The van der Waals surface area contributed by atoms with E-state index in [0.29, 0.717) is 23.9 Å². The number of rotatable bonds is 7. The van der Waals surface area contributed by atoms with Crippen molar-refractivity contribution in [1.29, 1.82) is 0 Å². The first kappa shape index (κ1) is 29.4. The van der Waals surface area contributed by atoms with Gasteiger partial charge in [-0.2, -0.15) is 0 Å². The molecule has 0 N–H and O–H groups in total. The van der Waals surface area contributed by atoms with Crippen molar-refractivity contribution in [2.75, 3.05) is 71.5 Å². The summed E-state index contributed by atoms with van der Waals surface area (Å²) in [7, 11) is 4.35. The molecule has 3 atom stereocenters. The number of carbonyl (C=O) groups excluding carboxylic acids is 1. The first-order chi connectivity index (χ1) is 19.2. The van der Waals surface area contributed by atoms with Gasteiger partial charge in [0.15, 0.2) is 0 Å². The average Bonchev–Trinajstić information content (AvgIpc) is 3.39. The Bertz CT molecular complexity index is 1130. The molecule has 6 nitrogen and oxygen atoms in total. The molecule has 3 fully saturated rings. The van der Waals surface area contributed by atoms with Gasteiger partial charge >= 0.3 is 0 Å². The van der Waals surface area contributed by atoms with Crippen molar-refractivity contribution in [3.8, 4) is 0 Å². The molecule has 2 aromatic rings. The molecule has 3 aliphatic rings. The van der Waals surface area contributed by atoms with Crippen molar-refractivity contribution >= 4 is 23.2 Å². The summed E-state index contributed by atoms with van der Waals surface area (Å²) >= 11 is 6.22. The second-order valence-corrected chi connectivity index (χ2v) is 13.0. The summed E-state index contributed by atoms with van der Waals surface area (Å²) in [5.74, 6) is 0.988. The maximum atomic E-state index is 14.1. The zero-order chi connectivity index (χ0) is 28.4.